The average Bonchev–Trinajstić information content (AvgIpc) is 2.40. The zero-order valence-corrected chi connectivity index (χ0v) is 11.2. The smallest absolute Gasteiger partial charge is 0.135 e. The zero-order valence-electron chi connectivity index (χ0n) is 11.2. The van der Waals surface area contributed by atoms with Crippen LogP contribution in [0.5, 0.6) is 0 Å². The van der Waals surface area contributed by atoms with Crippen LogP contribution in [0.4, 0.5) is 11.6 Å². The molecule has 19 heavy (non-hydrogen) atoms. The summed E-state index contributed by atoms with van der Waals surface area (Å²) < 4.78 is 0. The lowest BCUT2D eigenvalue weighted by Gasteiger charge is -2.11. The lowest BCUT2D eigenvalue weighted by Crippen LogP contribution is -2.09. The Morgan fingerprint density at radius 3 is 2.84 bits per heavy atom. The molecule has 0 saturated carbocycles. The molecule has 0 aliphatic carbocycles. The first-order chi connectivity index (χ1) is 9.20. The number of nitrogens with two attached hydrogens (primary N) is 1. The van der Waals surface area contributed by atoms with Crippen molar-refractivity contribution in [2.24, 2.45) is 0 Å². The van der Waals surface area contributed by atoms with E-state index in [2.05, 4.69) is 32.2 Å². The van der Waals surface area contributed by atoms with E-state index in [1.54, 1.807) is 6.20 Å². The summed E-state index contributed by atoms with van der Waals surface area (Å²) in [5, 5.41) is 3.26. The molecule has 0 saturated heterocycles. The third kappa shape index (κ3) is 3.37. The standard InChI is InChI=1S/C13H18N6/c1-3-4-11-12(14)17-8-18-13(11)16-7-10-5-6-15-9(2)19-10/h5-6,8H,3-4,7H2,1-2H3,(H3,14,16,17,18). The Labute approximate surface area is 112 Å². The fourth-order valence-corrected chi connectivity index (χ4v) is 1.85. The zero-order chi connectivity index (χ0) is 13.7. The van der Waals surface area contributed by atoms with Gasteiger partial charge in [0.25, 0.3) is 0 Å². The minimum atomic E-state index is 0.540. The summed E-state index contributed by atoms with van der Waals surface area (Å²) in [5.74, 6) is 2.08. The van der Waals surface area contributed by atoms with Gasteiger partial charge in [-0.2, -0.15) is 0 Å². The maximum absolute atomic E-state index is 5.88. The summed E-state index contributed by atoms with van der Waals surface area (Å²) in [6, 6.07) is 1.88. The van der Waals surface area contributed by atoms with E-state index in [0.717, 1.165) is 35.7 Å². The first-order valence-electron chi connectivity index (χ1n) is 6.32. The van der Waals surface area contributed by atoms with E-state index in [-0.39, 0.29) is 0 Å². The highest BCUT2D eigenvalue weighted by atomic mass is 15.0. The molecule has 6 heteroatoms. The molecule has 0 aromatic carbocycles. The van der Waals surface area contributed by atoms with Crippen LogP contribution in [0.15, 0.2) is 18.6 Å². The van der Waals surface area contributed by atoms with E-state index < -0.39 is 0 Å². The van der Waals surface area contributed by atoms with E-state index >= 15 is 0 Å². The van der Waals surface area contributed by atoms with Crippen LogP contribution in [0.2, 0.25) is 0 Å². The van der Waals surface area contributed by atoms with Crippen LogP contribution >= 0.6 is 0 Å². The Morgan fingerprint density at radius 1 is 1.26 bits per heavy atom. The molecule has 0 radical (unpaired) electrons. The van der Waals surface area contributed by atoms with Crippen molar-refractivity contribution in [3.8, 4) is 0 Å². The van der Waals surface area contributed by atoms with Gasteiger partial charge in [0.1, 0.15) is 23.8 Å². The van der Waals surface area contributed by atoms with Crippen molar-refractivity contribution in [2.75, 3.05) is 11.1 Å². The minimum absolute atomic E-state index is 0.540. The molecule has 6 nitrogen and oxygen atoms in total. The number of aromatic nitrogens is 4. The van der Waals surface area contributed by atoms with Crippen LogP contribution in [0.3, 0.4) is 0 Å². The summed E-state index contributed by atoms with van der Waals surface area (Å²) in [6.45, 7) is 4.56. The Kier molecular flexibility index (Phi) is 4.22. The van der Waals surface area contributed by atoms with Crippen LogP contribution in [0, 0.1) is 6.92 Å². The highest BCUT2D eigenvalue weighted by molar-refractivity contribution is 5.55. The van der Waals surface area contributed by atoms with Crippen molar-refractivity contribution in [3.05, 3.63) is 35.7 Å². The third-order valence-corrected chi connectivity index (χ3v) is 2.75. The molecule has 2 heterocycles. The van der Waals surface area contributed by atoms with E-state index in [0.29, 0.717) is 12.4 Å². The average molecular weight is 258 g/mol. The van der Waals surface area contributed by atoms with Crippen molar-refractivity contribution >= 4 is 11.6 Å². The predicted octanol–water partition coefficient (Wildman–Crippen LogP) is 1.72. The Morgan fingerprint density at radius 2 is 2.11 bits per heavy atom. The van der Waals surface area contributed by atoms with Crippen LogP contribution < -0.4 is 11.1 Å². The normalized spacial score (nSPS) is 10.4. The SMILES string of the molecule is CCCc1c(N)ncnc1NCc1ccnc(C)n1. The molecular weight excluding hydrogens is 240 g/mol. The Hall–Kier alpha value is -2.24. The van der Waals surface area contributed by atoms with Crippen LogP contribution in [0.1, 0.15) is 30.4 Å². The summed E-state index contributed by atoms with van der Waals surface area (Å²) >= 11 is 0. The topological polar surface area (TPSA) is 89.6 Å². The largest absolute Gasteiger partial charge is 0.383 e. The molecule has 0 atom stereocenters. The van der Waals surface area contributed by atoms with Gasteiger partial charge >= 0.3 is 0 Å². The quantitative estimate of drug-likeness (QED) is 0.848. The van der Waals surface area contributed by atoms with Gasteiger partial charge in [-0.05, 0) is 19.4 Å². The Balaban J connectivity index is 2.13. The number of aryl methyl sites for hydroxylation is 1. The van der Waals surface area contributed by atoms with Gasteiger partial charge in [-0.3, -0.25) is 0 Å². The second-order valence-electron chi connectivity index (χ2n) is 4.28. The lowest BCUT2D eigenvalue weighted by molar-refractivity contribution is 0.894. The molecular formula is C13H18N6. The van der Waals surface area contributed by atoms with Crippen LogP contribution in [-0.4, -0.2) is 19.9 Å². The number of hydrogen-bond acceptors (Lipinski definition) is 6. The van der Waals surface area contributed by atoms with E-state index in [9.17, 15) is 0 Å². The number of nitrogens with zero attached hydrogens (tertiary/aromatic N) is 4. The van der Waals surface area contributed by atoms with Gasteiger partial charge in [-0.15, -0.1) is 0 Å². The van der Waals surface area contributed by atoms with Gasteiger partial charge < -0.3 is 11.1 Å². The van der Waals surface area contributed by atoms with Gasteiger partial charge in [-0.1, -0.05) is 13.3 Å². The molecule has 0 bridgehead atoms. The van der Waals surface area contributed by atoms with Crippen molar-refractivity contribution in [1.82, 2.24) is 19.9 Å². The van der Waals surface area contributed by atoms with Crippen molar-refractivity contribution in [3.63, 3.8) is 0 Å². The maximum Gasteiger partial charge on any atom is 0.135 e. The fourth-order valence-electron chi connectivity index (χ4n) is 1.85. The fraction of sp³-hybridized carbons (Fsp3) is 0.385. The number of nitrogen functional groups attached to an aromatic ring is 1. The molecule has 0 aliphatic rings. The number of hydrogen-bond donors (Lipinski definition) is 2. The molecule has 2 rings (SSSR count). The summed E-state index contributed by atoms with van der Waals surface area (Å²) in [5.41, 5.74) is 7.78. The summed E-state index contributed by atoms with van der Waals surface area (Å²) in [4.78, 5) is 16.7. The van der Waals surface area contributed by atoms with Crippen LogP contribution in [-0.2, 0) is 13.0 Å². The van der Waals surface area contributed by atoms with Crippen molar-refractivity contribution < 1.29 is 0 Å². The summed E-state index contributed by atoms with van der Waals surface area (Å²) in [6.07, 6.45) is 5.08. The third-order valence-electron chi connectivity index (χ3n) is 2.75. The molecule has 0 unspecified atom stereocenters. The number of nitrogens with one attached hydrogen (secondary N) is 1. The van der Waals surface area contributed by atoms with Gasteiger partial charge in [0, 0.05) is 11.8 Å². The second-order valence-corrected chi connectivity index (χ2v) is 4.28. The molecule has 0 amide bonds. The molecule has 2 aromatic heterocycles. The van der Waals surface area contributed by atoms with Gasteiger partial charge in [0.2, 0.25) is 0 Å². The van der Waals surface area contributed by atoms with Crippen molar-refractivity contribution in [2.45, 2.75) is 33.2 Å². The first kappa shape index (κ1) is 13.2. The molecule has 0 spiro atoms. The van der Waals surface area contributed by atoms with E-state index in [4.69, 9.17) is 5.73 Å². The summed E-state index contributed by atoms with van der Waals surface area (Å²) in [7, 11) is 0. The lowest BCUT2D eigenvalue weighted by atomic mass is 10.1. The molecule has 100 valence electrons. The maximum atomic E-state index is 5.88. The molecule has 0 fully saturated rings. The molecule has 3 N–H and O–H groups in total. The number of rotatable bonds is 5. The Bertz CT molecular complexity index is 555. The van der Waals surface area contributed by atoms with Crippen LogP contribution in [0.25, 0.3) is 0 Å². The predicted molar refractivity (Wildman–Crippen MR) is 74.5 cm³/mol. The van der Waals surface area contributed by atoms with E-state index in [1.807, 2.05) is 13.0 Å². The van der Waals surface area contributed by atoms with Gasteiger partial charge in [0.05, 0.1) is 12.2 Å². The van der Waals surface area contributed by atoms with Crippen molar-refractivity contribution in [1.29, 1.82) is 0 Å². The second kappa shape index (κ2) is 6.08. The number of anilines is 2. The van der Waals surface area contributed by atoms with E-state index in [1.165, 1.54) is 6.33 Å². The van der Waals surface area contributed by atoms with Gasteiger partial charge in [0.15, 0.2) is 0 Å². The highest BCUT2D eigenvalue weighted by Gasteiger charge is 2.08. The minimum Gasteiger partial charge on any atom is -0.383 e. The molecule has 2 aromatic rings. The molecule has 0 aliphatic heterocycles. The highest BCUT2D eigenvalue weighted by Crippen LogP contribution is 2.19. The first-order valence-corrected chi connectivity index (χ1v) is 6.32. The monoisotopic (exact) mass is 258 g/mol. The van der Waals surface area contributed by atoms with Gasteiger partial charge in [-0.25, -0.2) is 19.9 Å².